The lowest BCUT2D eigenvalue weighted by molar-refractivity contribution is 1.63. The van der Waals surface area contributed by atoms with E-state index < -0.39 is 0 Å². The maximum atomic E-state index is 2.44. The number of thiophene rings is 2. The largest absolute Gasteiger partial charge is 0.135 e. The molecule has 2 aromatic heterocycles. The van der Waals surface area contributed by atoms with Crippen LogP contribution in [0.1, 0.15) is 0 Å². The van der Waals surface area contributed by atoms with Crippen molar-refractivity contribution in [1.82, 2.24) is 0 Å². The molecule has 11 rings (SSSR count). The van der Waals surface area contributed by atoms with E-state index in [0.717, 1.165) is 0 Å². The predicted octanol–water partition coefficient (Wildman–Crippen LogP) is 16.9. The second kappa shape index (κ2) is 14.6. The van der Waals surface area contributed by atoms with Crippen molar-refractivity contribution in [3.63, 3.8) is 0 Å². The van der Waals surface area contributed by atoms with Crippen LogP contribution in [0.2, 0.25) is 0 Å². The van der Waals surface area contributed by atoms with E-state index in [9.17, 15) is 0 Å². The third-order valence-corrected chi connectivity index (χ3v) is 13.7. The minimum absolute atomic E-state index is 1.21. The van der Waals surface area contributed by atoms with Crippen molar-refractivity contribution in [2.45, 2.75) is 0 Å². The van der Waals surface area contributed by atoms with Crippen molar-refractivity contribution in [1.29, 1.82) is 0 Å². The molecule has 0 bridgehead atoms. The van der Waals surface area contributed by atoms with Gasteiger partial charge in [-0.1, -0.05) is 170 Å². The van der Waals surface area contributed by atoms with E-state index in [1.807, 2.05) is 22.7 Å². The van der Waals surface area contributed by atoms with Gasteiger partial charge in [0.1, 0.15) is 0 Å². The first kappa shape index (κ1) is 34.4. The van der Waals surface area contributed by atoms with Gasteiger partial charge in [-0.05, 0) is 136 Å². The molecule has 9 aromatic carbocycles. The SMILES string of the molecule is c1ccc(-c2ccc(-c3cccc(-c4c5ccccc5c(-c5cccc(-c6ccc(-c7ccccc7)s6)c5)c5cc(-c6ccc7ccccc7c6)ccc45)c3)s2)cc1. The maximum Gasteiger partial charge on any atom is 0.0349 e. The fraction of sp³-hybridized carbons (Fsp3) is 0. The average molecular weight is 773 g/mol. The Balaban J connectivity index is 1.12. The van der Waals surface area contributed by atoms with Crippen LogP contribution in [-0.4, -0.2) is 0 Å². The monoisotopic (exact) mass is 772 g/mol. The lowest BCUT2D eigenvalue weighted by Gasteiger charge is -2.19. The highest BCUT2D eigenvalue weighted by molar-refractivity contribution is 7.19. The molecule has 0 atom stereocenters. The quantitative estimate of drug-likeness (QED) is 0.142. The molecule has 11 aromatic rings. The molecule has 0 spiro atoms. The number of fused-ring (bicyclic) bond motifs is 3. The fourth-order valence-electron chi connectivity index (χ4n) is 8.51. The Bertz CT molecular complexity index is 3280. The smallest absolute Gasteiger partial charge is 0.0349 e. The lowest BCUT2D eigenvalue weighted by atomic mass is 9.84. The summed E-state index contributed by atoms with van der Waals surface area (Å²) in [4.78, 5) is 5.10. The third kappa shape index (κ3) is 6.24. The van der Waals surface area contributed by atoms with Crippen LogP contribution in [0, 0.1) is 0 Å². The normalized spacial score (nSPS) is 11.4. The van der Waals surface area contributed by atoms with Gasteiger partial charge >= 0.3 is 0 Å². The van der Waals surface area contributed by atoms with Gasteiger partial charge in [0, 0.05) is 19.5 Å². The Hall–Kier alpha value is -6.84. The average Bonchev–Trinajstić information content (AvgIpc) is 4.01. The molecule has 0 radical (unpaired) electrons. The Morgan fingerprint density at radius 3 is 1.21 bits per heavy atom. The highest BCUT2D eigenvalue weighted by Crippen LogP contribution is 2.47. The molecule has 0 amide bonds. The van der Waals surface area contributed by atoms with E-state index in [1.165, 1.54) is 107 Å². The van der Waals surface area contributed by atoms with Crippen LogP contribution in [0.3, 0.4) is 0 Å². The van der Waals surface area contributed by atoms with Gasteiger partial charge in [-0.15, -0.1) is 22.7 Å². The first-order valence-electron chi connectivity index (χ1n) is 19.7. The summed E-state index contributed by atoms with van der Waals surface area (Å²) in [5, 5.41) is 7.51. The van der Waals surface area contributed by atoms with E-state index >= 15 is 0 Å². The number of benzene rings is 9. The Morgan fingerprint density at radius 1 is 0.207 bits per heavy atom. The second-order valence-corrected chi connectivity index (χ2v) is 17.0. The van der Waals surface area contributed by atoms with Crippen molar-refractivity contribution in [3.8, 4) is 75.1 Å². The second-order valence-electron chi connectivity index (χ2n) is 14.8. The van der Waals surface area contributed by atoms with Crippen LogP contribution in [0.15, 0.2) is 218 Å². The maximum absolute atomic E-state index is 2.44. The summed E-state index contributed by atoms with van der Waals surface area (Å²) in [6.45, 7) is 0. The summed E-state index contributed by atoms with van der Waals surface area (Å²) in [6, 6.07) is 80.3. The first-order chi connectivity index (χ1) is 28.7. The molecule has 0 saturated heterocycles. The molecule has 0 saturated carbocycles. The Morgan fingerprint density at radius 2 is 0.621 bits per heavy atom. The zero-order valence-corrected chi connectivity index (χ0v) is 33.2. The number of hydrogen-bond donors (Lipinski definition) is 0. The van der Waals surface area contributed by atoms with E-state index in [4.69, 9.17) is 0 Å². The van der Waals surface area contributed by atoms with E-state index in [-0.39, 0.29) is 0 Å². The predicted molar refractivity (Wildman–Crippen MR) is 253 cm³/mol. The van der Waals surface area contributed by atoms with Crippen LogP contribution in [-0.2, 0) is 0 Å². The molecule has 0 unspecified atom stereocenters. The summed E-state index contributed by atoms with van der Waals surface area (Å²) < 4.78 is 0. The minimum Gasteiger partial charge on any atom is -0.135 e. The zero-order chi connectivity index (χ0) is 38.4. The highest BCUT2D eigenvalue weighted by atomic mass is 32.1. The molecule has 0 aliphatic heterocycles. The van der Waals surface area contributed by atoms with Crippen LogP contribution in [0.5, 0.6) is 0 Å². The van der Waals surface area contributed by atoms with Crippen LogP contribution in [0.4, 0.5) is 0 Å². The van der Waals surface area contributed by atoms with Crippen molar-refractivity contribution < 1.29 is 0 Å². The third-order valence-electron chi connectivity index (χ3n) is 11.3. The molecule has 2 heteroatoms. The topological polar surface area (TPSA) is 0 Å². The summed E-state index contributed by atoms with van der Waals surface area (Å²) in [7, 11) is 0. The molecule has 2 heterocycles. The molecule has 0 aliphatic carbocycles. The zero-order valence-electron chi connectivity index (χ0n) is 31.6. The molecule has 272 valence electrons. The molecule has 58 heavy (non-hydrogen) atoms. The van der Waals surface area contributed by atoms with Gasteiger partial charge in [-0.2, -0.15) is 0 Å². The van der Waals surface area contributed by atoms with Crippen molar-refractivity contribution >= 4 is 55.0 Å². The Kier molecular flexibility index (Phi) is 8.65. The van der Waals surface area contributed by atoms with E-state index in [2.05, 4.69) is 218 Å². The number of rotatable bonds is 7. The molecular formula is C56H36S2. The van der Waals surface area contributed by atoms with Gasteiger partial charge in [-0.3, -0.25) is 0 Å². The Labute approximate surface area is 346 Å². The van der Waals surface area contributed by atoms with E-state index in [0.29, 0.717) is 0 Å². The molecule has 0 aliphatic rings. The van der Waals surface area contributed by atoms with Gasteiger partial charge in [0.05, 0.1) is 0 Å². The first-order valence-corrected chi connectivity index (χ1v) is 21.4. The van der Waals surface area contributed by atoms with E-state index in [1.54, 1.807) is 0 Å². The summed E-state index contributed by atoms with van der Waals surface area (Å²) >= 11 is 3.70. The van der Waals surface area contributed by atoms with Crippen molar-refractivity contribution in [3.05, 3.63) is 218 Å². The molecule has 0 N–H and O–H groups in total. The van der Waals surface area contributed by atoms with Gasteiger partial charge < -0.3 is 0 Å². The standard InChI is InChI=1S/C56H36S2/c1-3-14-38(15-4-1)51-29-31-53(57-51)43-19-11-21-45(34-43)55-47-23-9-10-24-48(47)56(46-22-12-20-44(35-46)54-32-30-52(58-54)39-16-5-2-6-17-39)50-36-42(27-28-49(50)55)41-26-25-37-13-7-8-18-40(37)33-41/h1-36H. The highest BCUT2D eigenvalue weighted by Gasteiger charge is 2.19. The molecule has 0 nitrogen and oxygen atoms in total. The van der Waals surface area contributed by atoms with Gasteiger partial charge in [0.15, 0.2) is 0 Å². The summed E-state index contributed by atoms with van der Waals surface area (Å²) in [5.74, 6) is 0. The fourth-order valence-corrected chi connectivity index (χ4v) is 10.5. The van der Waals surface area contributed by atoms with Gasteiger partial charge in [0.25, 0.3) is 0 Å². The summed E-state index contributed by atoms with van der Waals surface area (Å²) in [6.07, 6.45) is 0. The summed E-state index contributed by atoms with van der Waals surface area (Å²) in [5.41, 5.74) is 12.4. The lowest BCUT2D eigenvalue weighted by Crippen LogP contribution is -1.92. The van der Waals surface area contributed by atoms with Crippen molar-refractivity contribution in [2.24, 2.45) is 0 Å². The van der Waals surface area contributed by atoms with Crippen LogP contribution >= 0.6 is 22.7 Å². The van der Waals surface area contributed by atoms with Gasteiger partial charge in [0.2, 0.25) is 0 Å². The van der Waals surface area contributed by atoms with Gasteiger partial charge in [-0.25, -0.2) is 0 Å². The van der Waals surface area contributed by atoms with Crippen LogP contribution < -0.4 is 0 Å². The number of hydrogen-bond acceptors (Lipinski definition) is 2. The van der Waals surface area contributed by atoms with Crippen LogP contribution in [0.25, 0.3) is 107 Å². The van der Waals surface area contributed by atoms with Crippen molar-refractivity contribution in [2.75, 3.05) is 0 Å². The minimum atomic E-state index is 1.21. The molecule has 0 fully saturated rings. The molecular weight excluding hydrogens is 737 g/mol.